The number of carbonyl (C=O) groups excluding carboxylic acids is 1. The summed E-state index contributed by atoms with van der Waals surface area (Å²) < 4.78 is 0. The molecule has 0 heterocycles. The van der Waals surface area contributed by atoms with Crippen LogP contribution in [0.25, 0.3) is 0 Å². The van der Waals surface area contributed by atoms with Crippen LogP contribution in [-0.2, 0) is 4.79 Å². The van der Waals surface area contributed by atoms with E-state index in [0.717, 1.165) is 0 Å². The third-order valence-corrected chi connectivity index (χ3v) is 1.30. The maximum atomic E-state index is 10.7. The van der Waals surface area contributed by atoms with Crippen LogP contribution in [0.5, 0.6) is 0 Å². The summed E-state index contributed by atoms with van der Waals surface area (Å²) in [5.74, 6) is -0.520. The normalized spacial score (nSPS) is 16.5. The summed E-state index contributed by atoms with van der Waals surface area (Å²) in [6.45, 7) is 5.31. The molecule has 0 saturated heterocycles. The highest BCUT2D eigenvalue weighted by Crippen LogP contribution is 1.93. The van der Waals surface area contributed by atoms with Crippen LogP contribution in [0.15, 0.2) is 0 Å². The molecule has 0 aromatic carbocycles. The Bertz CT molecular complexity index is 134. The van der Waals surface area contributed by atoms with Crippen molar-refractivity contribution >= 4 is 5.91 Å². The molecular formula is C7H16N2O2. The van der Waals surface area contributed by atoms with Crippen molar-refractivity contribution in [3.63, 3.8) is 0 Å². The first-order valence-corrected chi connectivity index (χ1v) is 3.68. The zero-order chi connectivity index (χ0) is 9.02. The summed E-state index contributed by atoms with van der Waals surface area (Å²) in [5.41, 5.74) is 5.02. The minimum Gasteiger partial charge on any atom is -0.391 e. The molecule has 4 N–H and O–H groups in total. The summed E-state index contributed by atoms with van der Waals surface area (Å²) in [5, 5.41) is 11.9. The quantitative estimate of drug-likeness (QED) is 0.505. The Hall–Kier alpha value is -0.610. The third-order valence-electron chi connectivity index (χ3n) is 1.30. The van der Waals surface area contributed by atoms with E-state index in [-0.39, 0.29) is 6.04 Å². The van der Waals surface area contributed by atoms with E-state index in [2.05, 4.69) is 5.32 Å². The molecule has 0 unspecified atom stereocenters. The Labute approximate surface area is 66.8 Å². The number of carbonyl (C=O) groups is 1. The van der Waals surface area contributed by atoms with E-state index in [9.17, 15) is 4.79 Å². The van der Waals surface area contributed by atoms with Crippen molar-refractivity contribution in [2.75, 3.05) is 0 Å². The topological polar surface area (TPSA) is 75.3 Å². The zero-order valence-electron chi connectivity index (χ0n) is 7.16. The van der Waals surface area contributed by atoms with E-state index >= 15 is 0 Å². The first kappa shape index (κ1) is 10.4. The molecule has 0 aliphatic carbocycles. The van der Waals surface area contributed by atoms with Crippen molar-refractivity contribution in [2.45, 2.75) is 39.0 Å². The lowest BCUT2D eigenvalue weighted by Gasteiger charge is -2.20. The molecule has 11 heavy (non-hydrogen) atoms. The molecule has 4 heteroatoms. The standard InChI is InChI=1S/C7H16N2O2/c1-4(2)9-6(5(3)10)7(8)11/h4-6,9-10H,1-3H3,(H2,8,11)/t5-,6-/m0/s1. The van der Waals surface area contributed by atoms with Crippen LogP contribution in [-0.4, -0.2) is 29.2 Å². The number of amides is 1. The first-order valence-electron chi connectivity index (χ1n) is 3.68. The maximum absolute atomic E-state index is 10.7. The van der Waals surface area contributed by atoms with E-state index in [1.54, 1.807) is 0 Å². The van der Waals surface area contributed by atoms with Gasteiger partial charge >= 0.3 is 0 Å². The van der Waals surface area contributed by atoms with Gasteiger partial charge in [0, 0.05) is 6.04 Å². The van der Waals surface area contributed by atoms with Gasteiger partial charge in [-0.2, -0.15) is 0 Å². The molecule has 0 saturated carbocycles. The maximum Gasteiger partial charge on any atom is 0.237 e. The van der Waals surface area contributed by atoms with E-state index in [0.29, 0.717) is 0 Å². The Morgan fingerprint density at radius 2 is 1.91 bits per heavy atom. The van der Waals surface area contributed by atoms with Crippen molar-refractivity contribution in [1.29, 1.82) is 0 Å². The molecule has 0 aliphatic rings. The number of hydrogen-bond donors (Lipinski definition) is 3. The molecule has 0 spiro atoms. The van der Waals surface area contributed by atoms with Gasteiger partial charge in [-0.15, -0.1) is 0 Å². The minimum absolute atomic E-state index is 0.141. The van der Waals surface area contributed by atoms with Crippen LogP contribution in [0.3, 0.4) is 0 Å². The predicted octanol–water partition coefficient (Wildman–Crippen LogP) is -0.781. The van der Waals surface area contributed by atoms with Gasteiger partial charge in [0.05, 0.1) is 6.10 Å². The fourth-order valence-corrected chi connectivity index (χ4v) is 0.818. The Morgan fingerprint density at radius 3 is 2.00 bits per heavy atom. The lowest BCUT2D eigenvalue weighted by Crippen LogP contribution is -2.50. The number of primary amides is 1. The van der Waals surface area contributed by atoms with Crippen LogP contribution < -0.4 is 11.1 Å². The minimum atomic E-state index is -0.741. The number of aliphatic hydroxyl groups is 1. The summed E-state index contributed by atoms with van der Waals surface area (Å²) in [4.78, 5) is 10.7. The summed E-state index contributed by atoms with van der Waals surface area (Å²) in [6, 6.07) is -0.503. The summed E-state index contributed by atoms with van der Waals surface area (Å²) >= 11 is 0. The Morgan fingerprint density at radius 1 is 1.45 bits per heavy atom. The molecule has 1 amide bonds. The highest BCUT2D eigenvalue weighted by molar-refractivity contribution is 5.80. The van der Waals surface area contributed by atoms with Crippen molar-refractivity contribution in [3.8, 4) is 0 Å². The molecule has 0 radical (unpaired) electrons. The second kappa shape index (κ2) is 4.31. The van der Waals surface area contributed by atoms with E-state index in [1.165, 1.54) is 6.92 Å². The molecule has 0 fully saturated rings. The molecule has 0 aromatic rings. The predicted molar refractivity (Wildman–Crippen MR) is 42.9 cm³/mol. The number of hydrogen-bond acceptors (Lipinski definition) is 3. The summed E-state index contributed by atoms with van der Waals surface area (Å²) in [7, 11) is 0. The van der Waals surface area contributed by atoms with Crippen molar-refractivity contribution in [3.05, 3.63) is 0 Å². The molecular weight excluding hydrogens is 144 g/mol. The van der Waals surface area contributed by atoms with Gasteiger partial charge in [-0.1, -0.05) is 13.8 Å². The van der Waals surface area contributed by atoms with Gasteiger partial charge in [-0.05, 0) is 6.92 Å². The van der Waals surface area contributed by atoms with E-state index in [1.807, 2.05) is 13.8 Å². The average Bonchev–Trinajstić information content (AvgIpc) is 1.81. The van der Waals surface area contributed by atoms with Crippen molar-refractivity contribution < 1.29 is 9.90 Å². The van der Waals surface area contributed by atoms with Gasteiger partial charge in [0.15, 0.2) is 0 Å². The third kappa shape index (κ3) is 3.95. The Balaban J connectivity index is 4.01. The first-order chi connectivity index (χ1) is 4.95. The highest BCUT2D eigenvalue weighted by Gasteiger charge is 2.20. The van der Waals surface area contributed by atoms with Crippen molar-refractivity contribution in [1.82, 2.24) is 5.32 Å². The Kier molecular flexibility index (Phi) is 4.07. The van der Waals surface area contributed by atoms with Crippen LogP contribution in [0.2, 0.25) is 0 Å². The molecule has 0 bridgehead atoms. The SMILES string of the molecule is CC(C)N[C@H](C(N)=O)[C@H](C)O. The number of aliphatic hydroxyl groups excluding tert-OH is 1. The van der Waals surface area contributed by atoms with Crippen molar-refractivity contribution in [2.24, 2.45) is 5.73 Å². The molecule has 0 rings (SSSR count). The number of rotatable bonds is 4. The second-order valence-corrected chi connectivity index (χ2v) is 2.94. The molecule has 0 aliphatic heterocycles. The van der Waals surface area contributed by atoms with E-state index < -0.39 is 18.1 Å². The lowest BCUT2D eigenvalue weighted by atomic mass is 10.1. The molecule has 66 valence electrons. The zero-order valence-corrected chi connectivity index (χ0v) is 7.16. The van der Waals surface area contributed by atoms with Gasteiger partial charge in [0.2, 0.25) is 5.91 Å². The molecule has 2 atom stereocenters. The van der Waals surface area contributed by atoms with Gasteiger partial charge in [-0.25, -0.2) is 0 Å². The van der Waals surface area contributed by atoms with Crippen LogP contribution in [0, 0.1) is 0 Å². The smallest absolute Gasteiger partial charge is 0.237 e. The van der Waals surface area contributed by atoms with E-state index in [4.69, 9.17) is 10.8 Å². The average molecular weight is 160 g/mol. The monoisotopic (exact) mass is 160 g/mol. The highest BCUT2D eigenvalue weighted by atomic mass is 16.3. The largest absolute Gasteiger partial charge is 0.391 e. The van der Waals surface area contributed by atoms with Crippen LogP contribution in [0.1, 0.15) is 20.8 Å². The number of nitrogens with one attached hydrogen (secondary N) is 1. The van der Waals surface area contributed by atoms with Gasteiger partial charge < -0.3 is 16.2 Å². The van der Waals surface area contributed by atoms with Crippen LogP contribution in [0.4, 0.5) is 0 Å². The molecule has 4 nitrogen and oxygen atoms in total. The fraction of sp³-hybridized carbons (Fsp3) is 0.857. The van der Waals surface area contributed by atoms with Crippen LogP contribution >= 0.6 is 0 Å². The van der Waals surface area contributed by atoms with Gasteiger partial charge in [-0.3, -0.25) is 4.79 Å². The molecule has 0 aromatic heterocycles. The second-order valence-electron chi connectivity index (χ2n) is 2.94. The fourth-order valence-electron chi connectivity index (χ4n) is 0.818. The van der Waals surface area contributed by atoms with Gasteiger partial charge in [0.1, 0.15) is 6.04 Å². The van der Waals surface area contributed by atoms with Gasteiger partial charge in [0.25, 0.3) is 0 Å². The number of nitrogens with two attached hydrogens (primary N) is 1. The lowest BCUT2D eigenvalue weighted by molar-refractivity contribution is -0.122. The summed E-state index contributed by atoms with van der Waals surface area (Å²) in [6.07, 6.45) is -0.741.